The molecule has 0 fully saturated rings. The molecule has 126 valence electrons. The Bertz CT molecular complexity index is 591. The number of amides is 1. The monoisotopic (exact) mass is 321 g/mol. The van der Waals surface area contributed by atoms with E-state index < -0.39 is 17.7 Å². The lowest BCUT2D eigenvalue weighted by molar-refractivity contribution is -0.139. The van der Waals surface area contributed by atoms with Crippen molar-refractivity contribution in [2.24, 2.45) is 0 Å². The summed E-state index contributed by atoms with van der Waals surface area (Å²) in [6.45, 7) is 5.12. The zero-order valence-corrected chi connectivity index (χ0v) is 13.7. The van der Waals surface area contributed by atoms with Gasteiger partial charge in [0.1, 0.15) is 11.4 Å². The fraction of sp³-hybridized carbons (Fsp3) is 0.529. The molecule has 0 saturated carbocycles. The molecular formula is C17H23NO5. The van der Waals surface area contributed by atoms with E-state index in [-0.39, 0.29) is 12.6 Å². The van der Waals surface area contributed by atoms with Crippen LogP contribution in [0.5, 0.6) is 5.75 Å². The van der Waals surface area contributed by atoms with Crippen LogP contribution in [-0.2, 0) is 22.4 Å². The van der Waals surface area contributed by atoms with Crippen LogP contribution in [0, 0.1) is 0 Å². The summed E-state index contributed by atoms with van der Waals surface area (Å²) in [5.41, 5.74) is 1.75. The smallest absolute Gasteiger partial charge is 0.407 e. The molecule has 1 amide bonds. The zero-order chi connectivity index (χ0) is 17.0. The van der Waals surface area contributed by atoms with Gasteiger partial charge in [-0.1, -0.05) is 6.07 Å². The van der Waals surface area contributed by atoms with Crippen molar-refractivity contribution >= 4 is 12.1 Å². The minimum atomic E-state index is -1.01. The minimum Gasteiger partial charge on any atom is -0.482 e. The number of ether oxygens (including phenoxy) is 2. The van der Waals surface area contributed by atoms with Crippen molar-refractivity contribution in [3.05, 3.63) is 29.3 Å². The Balaban J connectivity index is 1.97. The quantitative estimate of drug-likeness (QED) is 0.890. The molecule has 0 heterocycles. The molecule has 23 heavy (non-hydrogen) atoms. The van der Waals surface area contributed by atoms with Gasteiger partial charge in [-0.2, -0.15) is 0 Å². The Morgan fingerprint density at radius 1 is 1.30 bits per heavy atom. The number of aliphatic carboxylic acids is 1. The van der Waals surface area contributed by atoms with Crippen LogP contribution in [-0.4, -0.2) is 35.4 Å². The largest absolute Gasteiger partial charge is 0.482 e. The number of carbonyl (C=O) groups is 2. The van der Waals surface area contributed by atoms with Crippen LogP contribution < -0.4 is 10.1 Å². The van der Waals surface area contributed by atoms with E-state index in [1.54, 1.807) is 6.07 Å². The maximum Gasteiger partial charge on any atom is 0.407 e. The van der Waals surface area contributed by atoms with Crippen molar-refractivity contribution in [1.29, 1.82) is 0 Å². The Labute approximate surface area is 135 Å². The Morgan fingerprint density at radius 3 is 2.70 bits per heavy atom. The molecule has 0 aliphatic heterocycles. The zero-order valence-electron chi connectivity index (χ0n) is 13.7. The van der Waals surface area contributed by atoms with Crippen LogP contribution in [0.1, 0.15) is 38.3 Å². The first-order valence-electron chi connectivity index (χ1n) is 7.69. The van der Waals surface area contributed by atoms with Crippen molar-refractivity contribution < 1.29 is 24.2 Å². The van der Waals surface area contributed by atoms with Crippen LogP contribution >= 0.6 is 0 Å². The fourth-order valence-electron chi connectivity index (χ4n) is 2.57. The van der Waals surface area contributed by atoms with Crippen molar-refractivity contribution in [2.45, 2.75) is 51.7 Å². The molecule has 0 unspecified atom stereocenters. The number of hydrogen-bond acceptors (Lipinski definition) is 4. The number of benzene rings is 1. The standard InChI is InChI=1S/C17H23NO5/c1-17(2,3)23-16(21)18-13-6-4-11-5-7-14(9-12(11)8-13)22-10-15(19)20/h5,7,9,13H,4,6,8,10H2,1-3H3,(H,18,21)(H,19,20)/t13-/m0/s1. The van der Waals surface area contributed by atoms with Gasteiger partial charge >= 0.3 is 12.1 Å². The third kappa shape index (κ3) is 5.47. The first kappa shape index (κ1) is 17.1. The molecule has 1 aromatic rings. The summed E-state index contributed by atoms with van der Waals surface area (Å²) in [7, 11) is 0. The number of aryl methyl sites for hydroxylation is 1. The molecule has 0 bridgehead atoms. The second kappa shape index (κ2) is 6.89. The highest BCUT2D eigenvalue weighted by molar-refractivity contribution is 5.69. The number of nitrogens with one attached hydrogen (secondary N) is 1. The number of carbonyl (C=O) groups excluding carboxylic acids is 1. The van der Waals surface area contributed by atoms with Crippen molar-refractivity contribution in [3.8, 4) is 5.75 Å². The Hall–Kier alpha value is -2.24. The van der Waals surface area contributed by atoms with E-state index in [2.05, 4.69) is 5.32 Å². The molecule has 0 radical (unpaired) electrons. The molecule has 2 rings (SSSR count). The van der Waals surface area contributed by atoms with E-state index in [1.807, 2.05) is 32.9 Å². The second-order valence-corrected chi connectivity index (χ2v) is 6.70. The van der Waals surface area contributed by atoms with Crippen LogP contribution in [0.25, 0.3) is 0 Å². The summed E-state index contributed by atoms with van der Waals surface area (Å²) in [5, 5.41) is 11.6. The summed E-state index contributed by atoms with van der Waals surface area (Å²) >= 11 is 0. The minimum absolute atomic E-state index is 0.00655. The van der Waals surface area contributed by atoms with Gasteiger partial charge in [-0.3, -0.25) is 0 Å². The third-order valence-corrected chi connectivity index (χ3v) is 3.49. The summed E-state index contributed by atoms with van der Waals surface area (Å²) in [5.74, 6) is -0.476. The van der Waals surface area contributed by atoms with Gasteiger partial charge in [0.05, 0.1) is 0 Å². The van der Waals surface area contributed by atoms with Crippen molar-refractivity contribution in [2.75, 3.05) is 6.61 Å². The van der Waals surface area contributed by atoms with Crippen LogP contribution in [0.3, 0.4) is 0 Å². The molecule has 1 atom stereocenters. The van der Waals surface area contributed by atoms with Crippen LogP contribution in [0.2, 0.25) is 0 Å². The number of carboxylic acid groups (broad SMARTS) is 1. The maximum atomic E-state index is 11.9. The lowest BCUT2D eigenvalue weighted by Crippen LogP contribution is -2.41. The van der Waals surface area contributed by atoms with E-state index in [0.29, 0.717) is 12.2 Å². The summed E-state index contributed by atoms with van der Waals surface area (Å²) in [6.07, 6.45) is 1.97. The SMILES string of the molecule is CC(C)(C)OC(=O)N[C@H]1CCc2ccc(OCC(=O)O)cc2C1. The summed E-state index contributed by atoms with van der Waals surface area (Å²) in [4.78, 5) is 22.4. The van der Waals surface area contributed by atoms with Gasteiger partial charge in [-0.25, -0.2) is 9.59 Å². The Morgan fingerprint density at radius 2 is 2.04 bits per heavy atom. The predicted octanol–water partition coefficient (Wildman–Crippen LogP) is 2.53. The van der Waals surface area contributed by atoms with E-state index in [0.717, 1.165) is 18.4 Å². The first-order chi connectivity index (χ1) is 10.7. The molecule has 0 saturated heterocycles. The molecule has 6 heteroatoms. The van der Waals surface area contributed by atoms with Crippen molar-refractivity contribution in [1.82, 2.24) is 5.32 Å². The first-order valence-corrected chi connectivity index (χ1v) is 7.69. The lowest BCUT2D eigenvalue weighted by Gasteiger charge is -2.27. The van der Waals surface area contributed by atoms with Crippen LogP contribution in [0.4, 0.5) is 4.79 Å². The second-order valence-electron chi connectivity index (χ2n) is 6.70. The Kier molecular flexibility index (Phi) is 5.13. The van der Waals surface area contributed by atoms with Gasteiger partial charge in [0.15, 0.2) is 6.61 Å². The molecule has 0 aromatic heterocycles. The molecule has 1 aliphatic carbocycles. The number of fused-ring (bicyclic) bond motifs is 1. The average molecular weight is 321 g/mol. The van der Waals surface area contributed by atoms with Gasteiger partial charge in [0.25, 0.3) is 0 Å². The van der Waals surface area contributed by atoms with Gasteiger partial charge in [-0.05, 0) is 63.3 Å². The molecule has 2 N–H and O–H groups in total. The molecule has 6 nitrogen and oxygen atoms in total. The van der Waals surface area contributed by atoms with Gasteiger partial charge in [-0.15, -0.1) is 0 Å². The average Bonchev–Trinajstić information content (AvgIpc) is 2.42. The van der Waals surface area contributed by atoms with Gasteiger partial charge < -0.3 is 19.9 Å². The number of hydrogen-bond donors (Lipinski definition) is 2. The van der Waals surface area contributed by atoms with Crippen molar-refractivity contribution in [3.63, 3.8) is 0 Å². The highest BCUT2D eigenvalue weighted by atomic mass is 16.6. The highest BCUT2D eigenvalue weighted by Crippen LogP contribution is 2.26. The normalized spacial score (nSPS) is 17.1. The van der Waals surface area contributed by atoms with E-state index >= 15 is 0 Å². The molecule has 1 aromatic carbocycles. The third-order valence-electron chi connectivity index (χ3n) is 3.49. The van der Waals surface area contributed by atoms with E-state index in [9.17, 15) is 9.59 Å². The van der Waals surface area contributed by atoms with Gasteiger partial charge in [0, 0.05) is 6.04 Å². The molecular weight excluding hydrogens is 298 g/mol. The highest BCUT2D eigenvalue weighted by Gasteiger charge is 2.23. The number of rotatable bonds is 4. The molecule has 0 spiro atoms. The fourth-order valence-corrected chi connectivity index (χ4v) is 2.57. The number of carboxylic acids is 1. The summed E-state index contributed by atoms with van der Waals surface area (Å²) in [6, 6.07) is 5.59. The maximum absolute atomic E-state index is 11.9. The summed E-state index contributed by atoms with van der Waals surface area (Å²) < 4.78 is 10.5. The van der Waals surface area contributed by atoms with Gasteiger partial charge in [0.2, 0.25) is 0 Å². The topological polar surface area (TPSA) is 84.9 Å². The van der Waals surface area contributed by atoms with E-state index in [4.69, 9.17) is 14.6 Å². The number of alkyl carbamates (subject to hydrolysis) is 1. The lowest BCUT2D eigenvalue weighted by atomic mass is 9.88. The predicted molar refractivity (Wildman–Crippen MR) is 84.8 cm³/mol. The van der Waals surface area contributed by atoms with E-state index in [1.165, 1.54) is 5.56 Å². The molecule has 1 aliphatic rings. The van der Waals surface area contributed by atoms with Crippen LogP contribution in [0.15, 0.2) is 18.2 Å².